The van der Waals surface area contributed by atoms with Crippen molar-refractivity contribution < 1.29 is 48.3 Å². The average molecular weight is 614 g/mol. The number of carbonyl (C=O) groups is 4. The van der Waals surface area contributed by atoms with Gasteiger partial charge >= 0.3 is 5.97 Å². The SMILES string of the molecule is CC[C@H]1OC(=O)C(C)C(=O)[C@H](C)[C@@H](O[C@@H]2O[C@H](C)C[C@H](N(C)C)[C@H]2O)[C@](C)(OC)C[C@@H](C)C(=O)C(C)[C@@H](CC=O)[C@]1(C)O. The van der Waals surface area contributed by atoms with E-state index in [1.165, 1.54) is 21.0 Å². The summed E-state index contributed by atoms with van der Waals surface area (Å²) in [5, 5.41) is 22.9. The van der Waals surface area contributed by atoms with E-state index >= 15 is 0 Å². The summed E-state index contributed by atoms with van der Waals surface area (Å²) < 4.78 is 24.3. The van der Waals surface area contributed by atoms with Crippen LogP contribution in [0, 0.1) is 29.6 Å². The van der Waals surface area contributed by atoms with Gasteiger partial charge in [-0.15, -0.1) is 0 Å². The molecule has 2 saturated heterocycles. The Bertz CT molecular complexity index is 985. The molecule has 0 aromatic carbocycles. The van der Waals surface area contributed by atoms with Gasteiger partial charge in [0.15, 0.2) is 12.1 Å². The Balaban J connectivity index is 2.66. The van der Waals surface area contributed by atoms with Gasteiger partial charge in [-0.3, -0.25) is 14.4 Å². The number of Topliss-reactive ketones (excluding diaryl/α,β-unsaturated/α-hetero) is 2. The number of hydrogen-bond donors (Lipinski definition) is 2. The topological polar surface area (TPSA) is 149 Å². The third-order valence-corrected chi connectivity index (χ3v) is 9.94. The van der Waals surface area contributed by atoms with Gasteiger partial charge in [-0.2, -0.15) is 0 Å². The van der Waals surface area contributed by atoms with Crippen LogP contribution in [0.3, 0.4) is 0 Å². The van der Waals surface area contributed by atoms with Crippen LogP contribution in [0.25, 0.3) is 0 Å². The monoisotopic (exact) mass is 613 g/mol. The van der Waals surface area contributed by atoms with Crippen LogP contribution in [0.15, 0.2) is 0 Å². The van der Waals surface area contributed by atoms with Gasteiger partial charge in [0.25, 0.3) is 0 Å². The molecule has 2 aliphatic rings. The van der Waals surface area contributed by atoms with Gasteiger partial charge in [-0.05, 0) is 61.1 Å². The number of aliphatic hydroxyl groups excluding tert-OH is 1. The first-order valence-corrected chi connectivity index (χ1v) is 15.5. The summed E-state index contributed by atoms with van der Waals surface area (Å²) in [6, 6.07) is -0.268. The van der Waals surface area contributed by atoms with Crippen LogP contribution < -0.4 is 0 Å². The Kier molecular flexibility index (Phi) is 13.1. The van der Waals surface area contributed by atoms with Crippen LogP contribution in [0.4, 0.5) is 0 Å². The van der Waals surface area contributed by atoms with E-state index in [4.69, 9.17) is 18.9 Å². The molecule has 2 fully saturated rings. The van der Waals surface area contributed by atoms with Crippen molar-refractivity contribution in [3.05, 3.63) is 0 Å². The molecule has 0 radical (unpaired) electrons. The molecular formula is C32H55NO10. The fourth-order valence-corrected chi connectivity index (χ4v) is 7.07. The molecule has 11 heteroatoms. The zero-order valence-corrected chi connectivity index (χ0v) is 27.9. The number of aliphatic hydroxyl groups is 2. The summed E-state index contributed by atoms with van der Waals surface area (Å²) in [5.41, 5.74) is -2.97. The maximum atomic E-state index is 13.9. The normalized spacial score (nSPS) is 44.1. The maximum absolute atomic E-state index is 13.9. The van der Waals surface area contributed by atoms with Crippen molar-refractivity contribution >= 4 is 23.8 Å². The minimum Gasteiger partial charge on any atom is -0.459 e. The summed E-state index contributed by atoms with van der Waals surface area (Å²) in [4.78, 5) is 54.8. The number of nitrogens with zero attached hydrogens (tertiary/aromatic N) is 1. The molecule has 0 saturated carbocycles. The smallest absolute Gasteiger partial charge is 0.316 e. The molecule has 2 N–H and O–H groups in total. The lowest BCUT2D eigenvalue weighted by Gasteiger charge is -2.47. The fourth-order valence-electron chi connectivity index (χ4n) is 7.07. The molecular weight excluding hydrogens is 558 g/mol. The lowest BCUT2D eigenvalue weighted by Crippen LogP contribution is -2.59. The zero-order chi connectivity index (χ0) is 33.0. The number of hydrogen-bond acceptors (Lipinski definition) is 11. The minimum atomic E-state index is -1.72. The number of rotatable bonds is 7. The largest absolute Gasteiger partial charge is 0.459 e. The van der Waals surface area contributed by atoms with E-state index in [-0.39, 0.29) is 37.2 Å². The molecule has 0 aromatic heterocycles. The molecule has 43 heavy (non-hydrogen) atoms. The summed E-state index contributed by atoms with van der Waals surface area (Å²) in [6.45, 7) is 13.3. The first-order chi connectivity index (χ1) is 19.9. The van der Waals surface area contributed by atoms with E-state index in [0.29, 0.717) is 12.7 Å². The Labute approximate surface area is 256 Å². The molecule has 13 atom stereocenters. The van der Waals surface area contributed by atoms with Crippen molar-refractivity contribution in [1.29, 1.82) is 0 Å². The quantitative estimate of drug-likeness (QED) is 0.248. The Hall–Kier alpha value is -1.76. The van der Waals surface area contributed by atoms with Crippen molar-refractivity contribution in [2.24, 2.45) is 29.6 Å². The van der Waals surface area contributed by atoms with E-state index in [1.807, 2.05) is 25.9 Å². The van der Waals surface area contributed by atoms with Crippen molar-refractivity contribution in [2.75, 3.05) is 21.2 Å². The van der Waals surface area contributed by atoms with Gasteiger partial charge in [-0.25, -0.2) is 0 Å². The molecule has 2 aliphatic heterocycles. The number of ether oxygens (including phenoxy) is 4. The van der Waals surface area contributed by atoms with Gasteiger partial charge in [0.05, 0.1) is 17.8 Å². The number of carbonyl (C=O) groups excluding carboxylic acids is 4. The van der Waals surface area contributed by atoms with Crippen LogP contribution in [-0.2, 0) is 38.1 Å². The third-order valence-electron chi connectivity index (χ3n) is 9.94. The molecule has 248 valence electrons. The minimum absolute atomic E-state index is 0.121. The van der Waals surface area contributed by atoms with E-state index in [0.717, 1.165) is 0 Å². The van der Waals surface area contributed by atoms with Gasteiger partial charge in [0.1, 0.15) is 35.8 Å². The molecule has 0 bridgehead atoms. The summed E-state index contributed by atoms with van der Waals surface area (Å²) >= 11 is 0. The zero-order valence-electron chi connectivity index (χ0n) is 27.9. The highest BCUT2D eigenvalue weighted by Gasteiger charge is 2.52. The average Bonchev–Trinajstić information content (AvgIpc) is 2.95. The number of likely N-dealkylation sites (N-methyl/N-ethyl adjacent to an activating group) is 1. The summed E-state index contributed by atoms with van der Waals surface area (Å²) in [7, 11) is 5.18. The molecule has 0 aliphatic carbocycles. The number of aldehydes is 1. The number of esters is 1. The van der Waals surface area contributed by atoms with E-state index in [9.17, 15) is 29.4 Å². The predicted molar refractivity (Wildman–Crippen MR) is 159 cm³/mol. The molecule has 0 aromatic rings. The van der Waals surface area contributed by atoms with Crippen LogP contribution in [0.1, 0.15) is 81.1 Å². The Morgan fingerprint density at radius 3 is 2.16 bits per heavy atom. The van der Waals surface area contributed by atoms with Gasteiger partial charge in [-0.1, -0.05) is 27.7 Å². The molecule has 2 heterocycles. The lowest BCUT2D eigenvalue weighted by molar-refractivity contribution is -0.295. The number of cyclic esters (lactones) is 1. The van der Waals surface area contributed by atoms with E-state index in [1.54, 1.807) is 34.6 Å². The van der Waals surface area contributed by atoms with E-state index in [2.05, 4.69) is 0 Å². The second-order valence-electron chi connectivity index (χ2n) is 13.4. The Morgan fingerprint density at radius 2 is 1.65 bits per heavy atom. The first-order valence-electron chi connectivity index (χ1n) is 15.5. The van der Waals surface area contributed by atoms with Gasteiger partial charge < -0.3 is 38.9 Å². The highest BCUT2D eigenvalue weighted by Crippen LogP contribution is 2.40. The van der Waals surface area contributed by atoms with Crippen molar-refractivity contribution in [1.82, 2.24) is 4.90 Å². The molecule has 0 amide bonds. The van der Waals surface area contributed by atoms with Crippen LogP contribution >= 0.6 is 0 Å². The second-order valence-corrected chi connectivity index (χ2v) is 13.4. The highest BCUT2D eigenvalue weighted by molar-refractivity contribution is 6.00. The van der Waals surface area contributed by atoms with Crippen molar-refractivity contribution in [2.45, 2.75) is 129 Å². The maximum Gasteiger partial charge on any atom is 0.316 e. The van der Waals surface area contributed by atoms with E-state index < -0.39 is 77.1 Å². The fraction of sp³-hybridized carbons (Fsp3) is 0.875. The Morgan fingerprint density at radius 1 is 1.05 bits per heavy atom. The highest BCUT2D eigenvalue weighted by atomic mass is 16.7. The van der Waals surface area contributed by atoms with Crippen molar-refractivity contribution in [3.63, 3.8) is 0 Å². The second kappa shape index (κ2) is 15.0. The van der Waals surface area contributed by atoms with Crippen LogP contribution in [0.5, 0.6) is 0 Å². The van der Waals surface area contributed by atoms with Crippen molar-refractivity contribution in [3.8, 4) is 0 Å². The molecule has 0 spiro atoms. The number of methoxy groups -OCH3 is 1. The standard InChI is InChI=1S/C32H55NO10/c1-12-24-32(8,39)22(13-14-34)19(4)25(35)17(2)16-31(7,40-11)28(20(5)26(36)21(6)29(38)42-24)43-30-27(37)23(33(9)10)15-18(3)41-30/h14,17-24,27-28,30,37,39H,12-13,15-16H2,1-11H3/t17-,18-,19?,20+,21?,22-,23+,24-,27-,28-,30+,31-,32+/m1/s1. The molecule has 11 nitrogen and oxygen atoms in total. The van der Waals surface area contributed by atoms with Crippen LogP contribution in [-0.4, -0.2) is 108 Å². The molecule has 2 unspecified atom stereocenters. The predicted octanol–water partition coefficient (Wildman–Crippen LogP) is 2.57. The molecule has 2 rings (SSSR count). The van der Waals surface area contributed by atoms with Gasteiger partial charge in [0, 0.05) is 43.2 Å². The van der Waals surface area contributed by atoms with Crippen LogP contribution in [0.2, 0.25) is 0 Å². The van der Waals surface area contributed by atoms with Gasteiger partial charge in [0.2, 0.25) is 0 Å². The number of ketones is 2. The first kappa shape index (κ1) is 37.4. The summed E-state index contributed by atoms with van der Waals surface area (Å²) in [5.74, 6) is -5.93. The summed E-state index contributed by atoms with van der Waals surface area (Å²) in [6.07, 6.45) is -3.05. The lowest BCUT2D eigenvalue weighted by atomic mass is 9.69. The third kappa shape index (κ3) is 8.10.